The van der Waals surface area contributed by atoms with E-state index in [-0.39, 0.29) is 24.6 Å². The number of carboxylic acid groups (broad SMARTS) is 1. The molecule has 1 atom stereocenters. The number of benzene rings is 1. The first-order chi connectivity index (χ1) is 9.35. The third-order valence-corrected chi connectivity index (χ3v) is 3.21. The van der Waals surface area contributed by atoms with E-state index < -0.39 is 17.7 Å². The van der Waals surface area contributed by atoms with Gasteiger partial charge in [0.2, 0.25) is 5.91 Å². The molecular formula is C14H19FN2O3. The van der Waals surface area contributed by atoms with Crippen LogP contribution in [0.3, 0.4) is 0 Å². The van der Waals surface area contributed by atoms with Crippen molar-refractivity contribution in [1.29, 1.82) is 0 Å². The zero-order valence-electron chi connectivity index (χ0n) is 11.6. The summed E-state index contributed by atoms with van der Waals surface area (Å²) in [7, 11) is 0. The number of nitrogens with zero attached hydrogens (tertiary/aromatic N) is 1. The fourth-order valence-electron chi connectivity index (χ4n) is 2.01. The smallest absolute Gasteiger partial charge is 0.304 e. The van der Waals surface area contributed by atoms with E-state index in [2.05, 4.69) is 0 Å². The topological polar surface area (TPSA) is 83.6 Å². The number of carbonyl (C=O) groups is 2. The second kappa shape index (κ2) is 7.00. The first-order valence-electron chi connectivity index (χ1n) is 6.39. The molecule has 0 aromatic heterocycles. The Morgan fingerprint density at radius 3 is 2.55 bits per heavy atom. The number of nitrogens with two attached hydrogens (primary N) is 1. The minimum Gasteiger partial charge on any atom is -0.481 e. The Balaban J connectivity index is 2.85. The van der Waals surface area contributed by atoms with Crippen molar-refractivity contribution in [3.8, 4) is 0 Å². The van der Waals surface area contributed by atoms with Gasteiger partial charge in [0, 0.05) is 23.7 Å². The lowest BCUT2D eigenvalue weighted by atomic mass is 10.1. The summed E-state index contributed by atoms with van der Waals surface area (Å²) in [6.07, 6.45) is -0.00513. The molecule has 20 heavy (non-hydrogen) atoms. The van der Waals surface area contributed by atoms with E-state index >= 15 is 0 Å². The SMILES string of the molecule is CCN(Cc1ccc(C(N)=O)cc1F)C(C)CC(=O)O. The molecule has 1 rings (SSSR count). The van der Waals surface area contributed by atoms with Crippen molar-refractivity contribution in [1.82, 2.24) is 4.90 Å². The van der Waals surface area contributed by atoms with Gasteiger partial charge in [-0.05, 0) is 25.6 Å². The Hall–Kier alpha value is -1.95. The van der Waals surface area contributed by atoms with Crippen LogP contribution in [0.25, 0.3) is 0 Å². The minimum absolute atomic E-state index is 0.00513. The van der Waals surface area contributed by atoms with E-state index in [1.54, 1.807) is 6.92 Å². The molecule has 0 aliphatic heterocycles. The summed E-state index contributed by atoms with van der Waals surface area (Å²) in [5.74, 6) is -2.08. The molecule has 6 heteroatoms. The van der Waals surface area contributed by atoms with Gasteiger partial charge in [0.05, 0.1) is 6.42 Å². The predicted molar refractivity (Wildman–Crippen MR) is 72.7 cm³/mol. The van der Waals surface area contributed by atoms with Crippen LogP contribution in [-0.2, 0) is 11.3 Å². The molecule has 1 aromatic rings. The van der Waals surface area contributed by atoms with Crippen molar-refractivity contribution >= 4 is 11.9 Å². The van der Waals surface area contributed by atoms with Crippen LogP contribution in [0.2, 0.25) is 0 Å². The maximum absolute atomic E-state index is 13.9. The van der Waals surface area contributed by atoms with Crippen molar-refractivity contribution in [3.05, 3.63) is 35.1 Å². The van der Waals surface area contributed by atoms with E-state index in [0.717, 1.165) is 6.07 Å². The fraction of sp³-hybridized carbons (Fsp3) is 0.429. The van der Waals surface area contributed by atoms with Gasteiger partial charge in [0.1, 0.15) is 5.82 Å². The molecule has 0 aliphatic rings. The van der Waals surface area contributed by atoms with Crippen LogP contribution >= 0.6 is 0 Å². The first-order valence-corrected chi connectivity index (χ1v) is 6.39. The van der Waals surface area contributed by atoms with E-state index in [9.17, 15) is 14.0 Å². The van der Waals surface area contributed by atoms with Gasteiger partial charge < -0.3 is 10.8 Å². The summed E-state index contributed by atoms with van der Waals surface area (Å²) < 4.78 is 13.9. The molecule has 0 heterocycles. The van der Waals surface area contributed by atoms with Gasteiger partial charge in [-0.25, -0.2) is 4.39 Å². The molecule has 0 spiro atoms. The lowest BCUT2D eigenvalue weighted by Gasteiger charge is -2.27. The second-order valence-corrected chi connectivity index (χ2v) is 4.68. The van der Waals surface area contributed by atoms with Crippen molar-refractivity contribution in [2.24, 2.45) is 5.73 Å². The fourth-order valence-corrected chi connectivity index (χ4v) is 2.01. The predicted octanol–water partition coefficient (Wildman–Crippen LogP) is 1.61. The minimum atomic E-state index is -0.888. The highest BCUT2D eigenvalue weighted by Crippen LogP contribution is 2.15. The number of hydrogen-bond donors (Lipinski definition) is 2. The summed E-state index contributed by atoms with van der Waals surface area (Å²) in [4.78, 5) is 23.5. The largest absolute Gasteiger partial charge is 0.481 e. The van der Waals surface area contributed by atoms with Crippen LogP contribution in [0.4, 0.5) is 4.39 Å². The molecule has 1 amide bonds. The Bertz CT molecular complexity index is 505. The third-order valence-electron chi connectivity index (χ3n) is 3.21. The number of rotatable bonds is 7. The monoisotopic (exact) mass is 282 g/mol. The number of halogens is 1. The van der Waals surface area contributed by atoms with Crippen molar-refractivity contribution in [2.45, 2.75) is 32.9 Å². The highest BCUT2D eigenvalue weighted by atomic mass is 19.1. The summed E-state index contributed by atoms with van der Waals surface area (Å²) in [5, 5.41) is 8.79. The molecule has 0 radical (unpaired) electrons. The number of amides is 1. The average Bonchev–Trinajstić information content (AvgIpc) is 2.36. The molecule has 1 aromatic carbocycles. The molecule has 0 aliphatic carbocycles. The Morgan fingerprint density at radius 1 is 1.45 bits per heavy atom. The number of primary amides is 1. The van der Waals surface area contributed by atoms with Crippen LogP contribution in [0.5, 0.6) is 0 Å². The maximum atomic E-state index is 13.9. The zero-order chi connectivity index (χ0) is 15.3. The van der Waals surface area contributed by atoms with Gasteiger partial charge in [-0.3, -0.25) is 14.5 Å². The molecule has 110 valence electrons. The lowest BCUT2D eigenvalue weighted by Crippen LogP contribution is -2.34. The summed E-state index contributed by atoms with van der Waals surface area (Å²) in [6, 6.07) is 3.88. The number of aliphatic carboxylic acids is 1. The second-order valence-electron chi connectivity index (χ2n) is 4.68. The van der Waals surface area contributed by atoms with Crippen molar-refractivity contribution in [3.63, 3.8) is 0 Å². The van der Waals surface area contributed by atoms with Crippen molar-refractivity contribution in [2.75, 3.05) is 6.54 Å². The molecule has 0 fully saturated rings. The molecule has 5 nitrogen and oxygen atoms in total. The Labute approximate surface area is 117 Å². The Kier molecular flexibility index (Phi) is 5.64. The highest BCUT2D eigenvalue weighted by Gasteiger charge is 2.17. The first kappa shape index (κ1) is 16.1. The normalized spacial score (nSPS) is 12.4. The van der Waals surface area contributed by atoms with Gasteiger partial charge in [-0.15, -0.1) is 0 Å². The van der Waals surface area contributed by atoms with E-state index in [1.165, 1.54) is 12.1 Å². The van der Waals surface area contributed by atoms with Gasteiger partial charge in [-0.2, -0.15) is 0 Å². The Morgan fingerprint density at radius 2 is 2.10 bits per heavy atom. The maximum Gasteiger partial charge on any atom is 0.304 e. The zero-order valence-corrected chi connectivity index (χ0v) is 11.6. The quantitative estimate of drug-likeness (QED) is 0.795. The standard InChI is InChI=1S/C14H19FN2O3/c1-3-17(9(2)6-13(18)19)8-11-5-4-10(14(16)20)7-12(11)15/h4-5,7,9H,3,6,8H2,1-2H3,(H2,16,20)(H,18,19). The molecule has 1 unspecified atom stereocenters. The van der Waals surface area contributed by atoms with Gasteiger partial charge in [-0.1, -0.05) is 13.0 Å². The third kappa shape index (κ3) is 4.31. The molecule has 3 N–H and O–H groups in total. The number of hydrogen-bond acceptors (Lipinski definition) is 3. The molecule has 0 bridgehead atoms. The van der Waals surface area contributed by atoms with Crippen LogP contribution in [0.1, 0.15) is 36.2 Å². The van der Waals surface area contributed by atoms with Gasteiger partial charge in [0.25, 0.3) is 0 Å². The summed E-state index contributed by atoms with van der Waals surface area (Å²) >= 11 is 0. The number of carboxylic acids is 1. The molecule has 0 saturated heterocycles. The van der Waals surface area contributed by atoms with Gasteiger partial charge >= 0.3 is 5.97 Å². The summed E-state index contributed by atoms with van der Waals surface area (Å²) in [6.45, 7) is 4.56. The number of carbonyl (C=O) groups excluding carboxylic acids is 1. The van der Waals surface area contributed by atoms with Crippen LogP contribution < -0.4 is 5.73 Å². The summed E-state index contributed by atoms with van der Waals surface area (Å²) in [5.41, 5.74) is 5.61. The molecular weight excluding hydrogens is 263 g/mol. The van der Waals surface area contributed by atoms with Gasteiger partial charge in [0.15, 0.2) is 0 Å². The van der Waals surface area contributed by atoms with Crippen LogP contribution in [-0.4, -0.2) is 34.5 Å². The van der Waals surface area contributed by atoms with E-state index in [1.807, 2.05) is 11.8 Å². The van der Waals surface area contributed by atoms with E-state index in [4.69, 9.17) is 10.8 Å². The van der Waals surface area contributed by atoms with E-state index in [0.29, 0.717) is 12.1 Å². The average molecular weight is 282 g/mol. The highest BCUT2D eigenvalue weighted by molar-refractivity contribution is 5.92. The van der Waals surface area contributed by atoms with Crippen LogP contribution in [0, 0.1) is 5.82 Å². The lowest BCUT2D eigenvalue weighted by molar-refractivity contribution is -0.138. The van der Waals surface area contributed by atoms with Crippen LogP contribution in [0.15, 0.2) is 18.2 Å². The van der Waals surface area contributed by atoms with Crippen molar-refractivity contribution < 1.29 is 19.1 Å². The molecule has 0 saturated carbocycles.